The summed E-state index contributed by atoms with van der Waals surface area (Å²) in [4.78, 5) is 28.4. The van der Waals surface area contributed by atoms with E-state index >= 15 is 0 Å². The van der Waals surface area contributed by atoms with Crippen molar-refractivity contribution in [3.8, 4) is 16.9 Å². The fourth-order valence-corrected chi connectivity index (χ4v) is 2.87. The van der Waals surface area contributed by atoms with Gasteiger partial charge in [0.25, 0.3) is 5.78 Å². The molecular weight excluding hydrogens is 333 g/mol. The normalized spacial score (nSPS) is 13.6. The summed E-state index contributed by atoms with van der Waals surface area (Å²) in [6, 6.07) is 11.1. The minimum absolute atomic E-state index is 0.0430. The lowest BCUT2D eigenvalue weighted by Crippen LogP contribution is -2.26. The van der Waals surface area contributed by atoms with E-state index in [0.717, 1.165) is 12.1 Å². The predicted molar refractivity (Wildman–Crippen MR) is 82.7 cm³/mol. The number of carbonyl (C=O) groups is 2. The second-order valence-electron chi connectivity index (χ2n) is 5.55. The van der Waals surface area contributed by atoms with Crippen molar-refractivity contribution in [2.75, 3.05) is 0 Å². The number of rotatable bonds is 1. The van der Waals surface area contributed by atoms with E-state index in [1.165, 1.54) is 29.0 Å². The molecule has 7 heteroatoms. The van der Waals surface area contributed by atoms with E-state index in [4.69, 9.17) is 0 Å². The first-order chi connectivity index (χ1) is 11.9. The molecule has 0 N–H and O–H groups in total. The zero-order valence-corrected chi connectivity index (χ0v) is 12.5. The minimum atomic E-state index is -4.43. The molecule has 4 nitrogen and oxygen atoms in total. The molecule has 3 aromatic rings. The number of imidazole rings is 1. The Bertz CT molecular complexity index is 1020. The van der Waals surface area contributed by atoms with Crippen LogP contribution in [0.15, 0.2) is 54.7 Å². The van der Waals surface area contributed by atoms with Gasteiger partial charge in [-0.2, -0.15) is 13.2 Å². The largest absolute Gasteiger partial charge is 0.416 e. The standard InChI is InChI=1S/C18H9F3N2O2/c19-18(20,21)11-7-5-10(6-8-11)14-9-22-17-16(25)15(24)12-3-1-2-4-13(12)23(14)17/h1-9H. The lowest BCUT2D eigenvalue weighted by Gasteiger charge is -2.19. The van der Waals surface area contributed by atoms with Gasteiger partial charge in [0, 0.05) is 5.56 Å². The van der Waals surface area contributed by atoms with Gasteiger partial charge in [0.1, 0.15) is 0 Å². The Labute approximate surface area is 139 Å². The van der Waals surface area contributed by atoms with Crippen molar-refractivity contribution >= 4 is 11.6 Å². The number of nitrogens with zero attached hydrogens (tertiary/aromatic N) is 2. The average molecular weight is 342 g/mol. The Kier molecular flexibility index (Phi) is 3.15. The summed E-state index contributed by atoms with van der Waals surface area (Å²) in [7, 11) is 0. The van der Waals surface area contributed by atoms with Gasteiger partial charge >= 0.3 is 6.18 Å². The van der Waals surface area contributed by atoms with Crippen LogP contribution in [0.5, 0.6) is 0 Å². The molecular formula is C18H9F3N2O2. The molecule has 0 saturated heterocycles. The fraction of sp³-hybridized carbons (Fsp3) is 0.0556. The Morgan fingerprint density at radius 2 is 1.56 bits per heavy atom. The van der Waals surface area contributed by atoms with Crippen LogP contribution < -0.4 is 0 Å². The summed E-state index contributed by atoms with van der Waals surface area (Å²) in [5, 5.41) is 0. The van der Waals surface area contributed by atoms with E-state index in [9.17, 15) is 22.8 Å². The number of hydrogen-bond donors (Lipinski definition) is 0. The molecule has 0 spiro atoms. The number of Topliss-reactive ketones (excluding diaryl/α,β-unsaturated/α-hetero) is 2. The molecule has 25 heavy (non-hydrogen) atoms. The number of para-hydroxylation sites is 1. The Balaban J connectivity index is 1.90. The average Bonchev–Trinajstić information content (AvgIpc) is 3.04. The van der Waals surface area contributed by atoms with Crippen LogP contribution in [0.1, 0.15) is 26.5 Å². The number of aromatic nitrogens is 2. The third-order valence-corrected chi connectivity index (χ3v) is 4.07. The predicted octanol–water partition coefficient (Wildman–Crippen LogP) is 3.94. The number of ketones is 2. The third-order valence-electron chi connectivity index (χ3n) is 4.07. The highest BCUT2D eigenvalue weighted by atomic mass is 19.4. The van der Waals surface area contributed by atoms with Crippen molar-refractivity contribution in [3.05, 3.63) is 71.7 Å². The van der Waals surface area contributed by atoms with Crippen LogP contribution in [-0.2, 0) is 6.18 Å². The van der Waals surface area contributed by atoms with Crippen LogP contribution in [0.4, 0.5) is 13.2 Å². The van der Waals surface area contributed by atoms with Gasteiger partial charge in [-0.05, 0) is 24.3 Å². The van der Waals surface area contributed by atoms with Crippen molar-refractivity contribution in [2.45, 2.75) is 6.18 Å². The number of halogens is 3. The summed E-state index contributed by atoms with van der Waals surface area (Å²) in [6.07, 6.45) is -3.05. The Hall–Kier alpha value is -3.22. The highest BCUT2D eigenvalue weighted by Gasteiger charge is 2.34. The molecule has 0 atom stereocenters. The van der Waals surface area contributed by atoms with Crippen LogP contribution >= 0.6 is 0 Å². The van der Waals surface area contributed by atoms with Crippen molar-refractivity contribution < 1.29 is 22.8 Å². The fourth-order valence-electron chi connectivity index (χ4n) is 2.87. The minimum Gasteiger partial charge on any atom is -0.289 e. The molecule has 0 aliphatic carbocycles. The van der Waals surface area contributed by atoms with Crippen LogP contribution in [-0.4, -0.2) is 21.1 Å². The molecule has 0 amide bonds. The van der Waals surface area contributed by atoms with E-state index in [1.54, 1.807) is 18.2 Å². The number of benzene rings is 2. The van der Waals surface area contributed by atoms with Gasteiger partial charge in [0.15, 0.2) is 5.82 Å². The zero-order chi connectivity index (χ0) is 17.8. The van der Waals surface area contributed by atoms with Crippen molar-refractivity contribution in [3.63, 3.8) is 0 Å². The van der Waals surface area contributed by atoms with Crippen molar-refractivity contribution in [1.29, 1.82) is 0 Å². The van der Waals surface area contributed by atoms with E-state index in [1.807, 2.05) is 0 Å². The maximum atomic E-state index is 12.7. The summed E-state index contributed by atoms with van der Waals surface area (Å²) in [6.45, 7) is 0. The summed E-state index contributed by atoms with van der Waals surface area (Å²) >= 11 is 0. The van der Waals surface area contributed by atoms with Gasteiger partial charge in [-0.25, -0.2) is 4.98 Å². The Morgan fingerprint density at radius 1 is 0.880 bits per heavy atom. The number of alkyl halides is 3. The molecule has 0 saturated carbocycles. The third kappa shape index (κ3) is 2.27. The second kappa shape index (κ2) is 5.14. The van der Waals surface area contributed by atoms with Gasteiger partial charge in [-0.1, -0.05) is 24.3 Å². The van der Waals surface area contributed by atoms with Gasteiger partial charge in [0.05, 0.1) is 28.7 Å². The van der Waals surface area contributed by atoms with E-state index in [0.29, 0.717) is 16.9 Å². The van der Waals surface area contributed by atoms with E-state index in [-0.39, 0.29) is 11.4 Å². The highest BCUT2D eigenvalue weighted by Crippen LogP contribution is 2.34. The molecule has 0 unspecified atom stereocenters. The first-order valence-corrected chi connectivity index (χ1v) is 7.32. The molecule has 0 fully saturated rings. The topological polar surface area (TPSA) is 52.0 Å². The van der Waals surface area contributed by atoms with E-state index in [2.05, 4.69) is 4.98 Å². The number of carbonyl (C=O) groups excluding carboxylic acids is 2. The first kappa shape index (κ1) is 15.3. The number of hydrogen-bond acceptors (Lipinski definition) is 3. The smallest absolute Gasteiger partial charge is 0.289 e. The van der Waals surface area contributed by atoms with E-state index < -0.39 is 23.3 Å². The molecule has 4 rings (SSSR count). The van der Waals surface area contributed by atoms with Crippen LogP contribution in [0.3, 0.4) is 0 Å². The molecule has 1 aromatic heterocycles. The first-order valence-electron chi connectivity index (χ1n) is 7.32. The summed E-state index contributed by atoms with van der Waals surface area (Å²) < 4.78 is 39.7. The maximum Gasteiger partial charge on any atom is 0.416 e. The van der Waals surface area contributed by atoms with Crippen molar-refractivity contribution in [1.82, 2.24) is 9.55 Å². The van der Waals surface area contributed by atoms with Gasteiger partial charge in [0.2, 0.25) is 5.78 Å². The monoisotopic (exact) mass is 342 g/mol. The Morgan fingerprint density at radius 3 is 2.24 bits per heavy atom. The molecule has 124 valence electrons. The van der Waals surface area contributed by atoms with Gasteiger partial charge in [-0.3, -0.25) is 14.2 Å². The lowest BCUT2D eigenvalue weighted by molar-refractivity contribution is -0.137. The van der Waals surface area contributed by atoms with Crippen LogP contribution in [0, 0.1) is 0 Å². The molecule has 0 radical (unpaired) electrons. The summed E-state index contributed by atoms with van der Waals surface area (Å²) in [5.74, 6) is -1.43. The van der Waals surface area contributed by atoms with Crippen LogP contribution in [0.25, 0.3) is 16.9 Å². The van der Waals surface area contributed by atoms with Gasteiger partial charge < -0.3 is 0 Å². The lowest BCUT2D eigenvalue weighted by atomic mass is 10.00. The highest BCUT2D eigenvalue weighted by molar-refractivity contribution is 6.50. The SMILES string of the molecule is O=C1C(=O)c2ncc(-c3ccc(C(F)(F)F)cc3)n2-c2ccccc21. The molecule has 1 aliphatic rings. The molecule has 2 aromatic carbocycles. The molecule has 0 bridgehead atoms. The van der Waals surface area contributed by atoms with Crippen molar-refractivity contribution in [2.24, 2.45) is 0 Å². The quantitative estimate of drug-likeness (QED) is 0.630. The van der Waals surface area contributed by atoms with Gasteiger partial charge in [-0.15, -0.1) is 0 Å². The zero-order valence-electron chi connectivity index (χ0n) is 12.5. The molecule has 1 aliphatic heterocycles. The maximum absolute atomic E-state index is 12.7. The second-order valence-corrected chi connectivity index (χ2v) is 5.55. The number of fused-ring (bicyclic) bond motifs is 3. The molecule has 2 heterocycles. The summed E-state index contributed by atoms with van der Waals surface area (Å²) in [5.41, 5.74) is 0.864. The van der Waals surface area contributed by atoms with Crippen LogP contribution in [0.2, 0.25) is 0 Å².